The third-order valence-electron chi connectivity index (χ3n) is 5.99. The Bertz CT molecular complexity index is 1150. The van der Waals surface area contributed by atoms with E-state index < -0.39 is 17.8 Å². The van der Waals surface area contributed by atoms with Crippen molar-refractivity contribution in [3.8, 4) is 0 Å². The van der Waals surface area contributed by atoms with Gasteiger partial charge in [-0.1, -0.05) is 18.2 Å². The van der Waals surface area contributed by atoms with E-state index in [1.54, 1.807) is 4.90 Å². The van der Waals surface area contributed by atoms with Crippen molar-refractivity contribution in [1.82, 2.24) is 19.7 Å². The van der Waals surface area contributed by atoms with Gasteiger partial charge < -0.3 is 15.9 Å². The average Bonchev–Trinajstić information content (AvgIpc) is 2.81. The molecule has 0 saturated heterocycles. The number of carboxylic acid groups (broad SMARTS) is 2. The van der Waals surface area contributed by atoms with Crippen LogP contribution in [0.1, 0.15) is 17.0 Å². The van der Waals surface area contributed by atoms with Crippen LogP contribution in [0.15, 0.2) is 47.5 Å². The van der Waals surface area contributed by atoms with E-state index in [1.807, 2.05) is 52.3 Å². The zero-order valence-corrected chi connectivity index (χ0v) is 21.1. The summed E-state index contributed by atoms with van der Waals surface area (Å²) in [7, 11) is 0. The second-order valence-electron chi connectivity index (χ2n) is 8.95. The zero-order chi connectivity index (χ0) is 26.8. The number of hydrogen-bond acceptors (Lipinski definition) is 9. The number of thiocarbonyl (C=S) groups is 1. The standard InChI is InChI=1S/C25H30N6O5S/c26-23(32)14-30-9-8-29(15-24(33)34)11-20-2-1-3-21(28-20)12-31(16-25(35)36)22(13-30)10-18-4-6-19(7-5-18)27-17-37/h1-7,22H,8-16H2,(H2,26,32)(H,33,34)(H,35,36). The van der Waals surface area contributed by atoms with Crippen LogP contribution in [0.3, 0.4) is 0 Å². The van der Waals surface area contributed by atoms with Crippen LogP contribution in [0, 0.1) is 0 Å². The highest BCUT2D eigenvalue weighted by Gasteiger charge is 2.26. The van der Waals surface area contributed by atoms with Gasteiger partial charge in [-0.3, -0.25) is 34.1 Å². The number of hydrogen-bond donors (Lipinski definition) is 3. The number of rotatable bonds is 9. The molecule has 4 N–H and O–H groups in total. The molecule has 1 aliphatic heterocycles. The van der Waals surface area contributed by atoms with Crippen molar-refractivity contribution in [2.24, 2.45) is 10.7 Å². The van der Waals surface area contributed by atoms with Gasteiger partial charge in [-0.25, -0.2) is 0 Å². The van der Waals surface area contributed by atoms with Crippen molar-refractivity contribution < 1.29 is 24.6 Å². The van der Waals surface area contributed by atoms with Crippen LogP contribution in [-0.2, 0) is 33.9 Å². The fourth-order valence-corrected chi connectivity index (χ4v) is 4.52. The number of amides is 1. The summed E-state index contributed by atoms with van der Waals surface area (Å²) in [6.45, 7) is 1.21. The maximum absolute atomic E-state index is 11.9. The fraction of sp³-hybridized carbons (Fsp3) is 0.400. The molecule has 0 fully saturated rings. The third kappa shape index (κ3) is 9.45. The van der Waals surface area contributed by atoms with Crippen LogP contribution < -0.4 is 5.73 Å². The van der Waals surface area contributed by atoms with E-state index in [0.717, 1.165) is 5.56 Å². The first-order chi connectivity index (χ1) is 17.7. The van der Waals surface area contributed by atoms with Crippen LogP contribution in [0.5, 0.6) is 0 Å². The van der Waals surface area contributed by atoms with E-state index in [4.69, 9.17) is 5.73 Å². The molecule has 1 unspecified atom stereocenters. The van der Waals surface area contributed by atoms with Crippen molar-refractivity contribution in [1.29, 1.82) is 0 Å². The van der Waals surface area contributed by atoms with Crippen molar-refractivity contribution in [3.05, 3.63) is 59.4 Å². The summed E-state index contributed by atoms with van der Waals surface area (Å²) in [5.41, 5.74) is 8.50. The van der Waals surface area contributed by atoms with Crippen LogP contribution in [0.4, 0.5) is 5.69 Å². The Morgan fingerprint density at radius 2 is 1.62 bits per heavy atom. The Balaban J connectivity index is 1.99. The summed E-state index contributed by atoms with van der Waals surface area (Å²) < 4.78 is 0. The first kappa shape index (κ1) is 28.0. The maximum Gasteiger partial charge on any atom is 0.317 e. The van der Waals surface area contributed by atoms with Gasteiger partial charge in [0.05, 0.1) is 41.9 Å². The fourth-order valence-electron chi connectivity index (χ4n) is 4.41. The molecular weight excluding hydrogens is 496 g/mol. The number of carbonyl (C=O) groups excluding carboxylic acids is 1. The summed E-state index contributed by atoms with van der Waals surface area (Å²) in [5, 5.41) is 21.4. The number of pyridine rings is 1. The molecule has 0 aliphatic carbocycles. The van der Waals surface area contributed by atoms with Gasteiger partial charge in [0.25, 0.3) is 0 Å². The van der Waals surface area contributed by atoms with Crippen molar-refractivity contribution in [2.45, 2.75) is 25.6 Å². The largest absolute Gasteiger partial charge is 0.480 e. The predicted octanol–water partition coefficient (Wildman–Crippen LogP) is 1.00. The van der Waals surface area contributed by atoms with Crippen molar-refractivity contribution in [3.63, 3.8) is 0 Å². The van der Waals surface area contributed by atoms with Gasteiger partial charge in [-0.15, -0.1) is 0 Å². The van der Waals surface area contributed by atoms with Crippen LogP contribution in [0.2, 0.25) is 0 Å². The minimum Gasteiger partial charge on any atom is -0.480 e. The monoisotopic (exact) mass is 526 g/mol. The van der Waals surface area contributed by atoms with E-state index in [9.17, 15) is 24.6 Å². The Labute approximate surface area is 220 Å². The number of aliphatic carboxylic acids is 2. The van der Waals surface area contributed by atoms with E-state index in [2.05, 4.69) is 27.4 Å². The molecule has 2 heterocycles. The van der Waals surface area contributed by atoms with Gasteiger partial charge in [0.15, 0.2) is 0 Å². The summed E-state index contributed by atoms with van der Waals surface area (Å²) in [5.74, 6) is -2.46. The molecule has 3 rings (SSSR count). The first-order valence-corrected chi connectivity index (χ1v) is 12.1. The lowest BCUT2D eigenvalue weighted by Crippen LogP contribution is -2.50. The smallest absolute Gasteiger partial charge is 0.317 e. The minimum absolute atomic E-state index is 0.0375. The summed E-state index contributed by atoms with van der Waals surface area (Å²) >= 11 is 4.66. The molecule has 2 aromatic rings. The van der Waals surface area contributed by atoms with Crippen molar-refractivity contribution in [2.75, 3.05) is 39.3 Å². The van der Waals surface area contributed by atoms with E-state index >= 15 is 0 Å². The second-order valence-corrected chi connectivity index (χ2v) is 9.13. The molecule has 1 aromatic carbocycles. The number of primary amides is 1. The molecule has 2 bridgehead atoms. The quantitative estimate of drug-likeness (QED) is 0.319. The average molecular weight is 527 g/mol. The SMILES string of the molecule is NC(=O)CN1CCN(CC(=O)O)Cc2cccc(n2)CN(CC(=O)O)C(Cc2ccc(N=C=S)cc2)C1. The lowest BCUT2D eigenvalue weighted by atomic mass is 10.0. The van der Waals surface area contributed by atoms with E-state index in [0.29, 0.717) is 49.7 Å². The highest BCUT2D eigenvalue weighted by atomic mass is 32.1. The van der Waals surface area contributed by atoms with Crippen LogP contribution >= 0.6 is 12.2 Å². The predicted molar refractivity (Wildman–Crippen MR) is 139 cm³/mol. The van der Waals surface area contributed by atoms with Gasteiger partial charge in [0.2, 0.25) is 5.91 Å². The molecule has 37 heavy (non-hydrogen) atoms. The number of nitrogens with zero attached hydrogens (tertiary/aromatic N) is 5. The molecule has 12 heteroatoms. The third-order valence-corrected chi connectivity index (χ3v) is 6.08. The molecule has 196 valence electrons. The summed E-state index contributed by atoms with van der Waals surface area (Å²) in [6.07, 6.45) is 0.489. The Kier molecular flexibility index (Phi) is 10.4. The highest BCUT2D eigenvalue weighted by Crippen LogP contribution is 2.19. The lowest BCUT2D eigenvalue weighted by Gasteiger charge is -2.36. The normalized spacial score (nSPS) is 17.7. The number of aromatic nitrogens is 1. The number of nitrogens with two attached hydrogens (primary N) is 1. The number of carbonyl (C=O) groups is 3. The molecule has 0 spiro atoms. The molecule has 11 nitrogen and oxygen atoms in total. The van der Waals surface area contributed by atoms with Gasteiger partial charge >= 0.3 is 11.9 Å². The number of carboxylic acids is 2. The minimum atomic E-state index is -0.979. The zero-order valence-electron chi connectivity index (χ0n) is 20.3. The molecule has 1 atom stereocenters. The number of benzene rings is 1. The molecule has 1 aliphatic rings. The van der Waals surface area contributed by atoms with E-state index in [-0.39, 0.29) is 32.2 Å². The molecule has 1 amide bonds. The molecule has 1 aromatic heterocycles. The van der Waals surface area contributed by atoms with Gasteiger partial charge in [-0.05, 0) is 48.5 Å². The molecule has 0 saturated carbocycles. The number of fused-ring (bicyclic) bond motifs is 2. The topological polar surface area (TPSA) is 153 Å². The van der Waals surface area contributed by atoms with Crippen LogP contribution in [-0.4, -0.2) is 98.2 Å². The summed E-state index contributed by atoms with van der Waals surface area (Å²) in [6, 6.07) is 12.6. The first-order valence-electron chi connectivity index (χ1n) is 11.7. The second kappa shape index (κ2) is 13.7. The Morgan fingerprint density at radius 1 is 0.973 bits per heavy atom. The summed E-state index contributed by atoms with van der Waals surface area (Å²) in [4.78, 5) is 49.3. The van der Waals surface area contributed by atoms with E-state index in [1.165, 1.54) is 0 Å². The lowest BCUT2D eigenvalue weighted by molar-refractivity contribution is -0.139. The van der Waals surface area contributed by atoms with Crippen molar-refractivity contribution >= 4 is 40.9 Å². The number of isothiocyanates is 1. The molecule has 0 radical (unpaired) electrons. The number of aliphatic imine (C=N–C) groups is 1. The Morgan fingerprint density at radius 3 is 2.24 bits per heavy atom. The maximum atomic E-state index is 11.9. The Hall–Kier alpha value is -3.54. The highest BCUT2D eigenvalue weighted by molar-refractivity contribution is 7.78. The van der Waals surface area contributed by atoms with Gasteiger partial charge in [0, 0.05) is 38.8 Å². The van der Waals surface area contributed by atoms with Gasteiger partial charge in [-0.2, -0.15) is 4.99 Å². The van der Waals surface area contributed by atoms with Gasteiger partial charge in [0.1, 0.15) is 0 Å². The van der Waals surface area contributed by atoms with Crippen LogP contribution in [0.25, 0.3) is 0 Å². The molecular formula is C25H30N6O5S.